The molecular weight excluding hydrogens is 756 g/mol. The molecule has 0 spiro atoms. The van der Waals surface area contributed by atoms with E-state index in [0.717, 1.165) is 60.3 Å². The van der Waals surface area contributed by atoms with Crippen LogP contribution in [0.1, 0.15) is 52.0 Å². The summed E-state index contributed by atoms with van der Waals surface area (Å²) in [5.41, 5.74) is 4.17. The number of anilines is 3. The number of imide groups is 1. The number of halogens is 3. The van der Waals surface area contributed by atoms with Crippen LogP contribution in [-0.2, 0) is 22.7 Å². The van der Waals surface area contributed by atoms with Crippen molar-refractivity contribution in [2.45, 2.75) is 70.3 Å². The first-order chi connectivity index (χ1) is 27.9. The third kappa shape index (κ3) is 6.41. The summed E-state index contributed by atoms with van der Waals surface area (Å²) in [6.07, 6.45) is -1.10. The zero-order chi connectivity index (χ0) is 40.5. The number of alkyl halides is 2. The van der Waals surface area contributed by atoms with E-state index in [4.69, 9.17) is 9.72 Å². The van der Waals surface area contributed by atoms with Gasteiger partial charge >= 0.3 is 0 Å². The monoisotopic (exact) mass is 797 g/mol. The average Bonchev–Trinajstić information content (AvgIpc) is 3.77. The smallest absolute Gasteiger partial charge is 0.263 e. The van der Waals surface area contributed by atoms with Crippen molar-refractivity contribution in [1.82, 2.24) is 30.3 Å². The lowest BCUT2D eigenvalue weighted by atomic mass is 9.93. The fraction of sp³-hybridized carbons (Fsp3) is 0.415. The number of phenols is 1. The number of piperidine rings is 1. The predicted molar refractivity (Wildman–Crippen MR) is 206 cm³/mol. The average molecular weight is 798 g/mol. The van der Waals surface area contributed by atoms with Gasteiger partial charge in [-0.2, -0.15) is 0 Å². The van der Waals surface area contributed by atoms with E-state index in [-0.39, 0.29) is 49.0 Å². The quantitative estimate of drug-likeness (QED) is 0.219. The third-order valence-electron chi connectivity index (χ3n) is 12.4. The van der Waals surface area contributed by atoms with Gasteiger partial charge in [0.15, 0.2) is 17.4 Å². The molecule has 7 heterocycles. The second-order valence-electron chi connectivity index (χ2n) is 15.7. The molecule has 302 valence electrons. The fourth-order valence-corrected chi connectivity index (χ4v) is 8.93. The minimum atomic E-state index is -2.73. The summed E-state index contributed by atoms with van der Waals surface area (Å²) in [4.78, 5) is 50.0. The number of fused-ring (bicyclic) bond motifs is 4. The predicted octanol–water partition coefficient (Wildman–Crippen LogP) is 4.17. The second kappa shape index (κ2) is 14.4. The molecule has 1 unspecified atom stereocenters. The van der Waals surface area contributed by atoms with Crippen molar-refractivity contribution >= 4 is 34.9 Å². The first kappa shape index (κ1) is 37.6. The van der Waals surface area contributed by atoms with Crippen molar-refractivity contribution in [2.75, 3.05) is 54.4 Å². The number of benzene rings is 2. The number of piperazine rings is 1. The highest BCUT2D eigenvalue weighted by Crippen LogP contribution is 2.47. The van der Waals surface area contributed by atoms with Crippen LogP contribution in [0.25, 0.3) is 11.3 Å². The van der Waals surface area contributed by atoms with E-state index in [1.807, 2.05) is 32.0 Å². The molecule has 3 N–H and O–H groups in total. The Morgan fingerprint density at radius 3 is 2.60 bits per heavy atom. The van der Waals surface area contributed by atoms with E-state index in [0.29, 0.717) is 42.3 Å². The number of amides is 3. The number of nitrogens with zero attached hydrogens (tertiary/aromatic N) is 7. The maximum atomic E-state index is 15.0. The van der Waals surface area contributed by atoms with E-state index in [1.165, 1.54) is 12.1 Å². The molecule has 58 heavy (non-hydrogen) atoms. The van der Waals surface area contributed by atoms with Gasteiger partial charge in [0, 0.05) is 75.5 Å². The van der Waals surface area contributed by atoms with E-state index >= 15 is 8.78 Å². The van der Waals surface area contributed by atoms with E-state index in [1.54, 1.807) is 22.1 Å². The Kier molecular flexibility index (Phi) is 9.36. The minimum absolute atomic E-state index is 0.0287. The van der Waals surface area contributed by atoms with Gasteiger partial charge in [0.25, 0.3) is 12.3 Å². The number of phenolic OH excluding ortho intramolecular Hbond substituents is 1. The number of para-hydroxylation sites is 1. The number of ether oxygens (including phenoxy) is 1. The number of hydrogen-bond donors (Lipinski definition) is 3. The van der Waals surface area contributed by atoms with Gasteiger partial charge in [-0.25, -0.2) is 13.2 Å². The molecule has 3 amide bonds. The molecule has 2 aromatic carbocycles. The molecule has 0 aliphatic carbocycles. The molecule has 0 saturated carbocycles. The lowest BCUT2D eigenvalue weighted by Gasteiger charge is -2.43. The van der Waals surface area contributed by atoms with Crippen molar-refractivity contribution in [1.29, 1.82) is 0 Å². The van der Waals surface area contributed by atoms with Crippen molar-refractivity contribution in [2.24, 2.45) is 0 Å². The highest BCUT2D eigenvalue weighted by Gasteiger charge is 2.56. The summed E-state index contributed by atoms with van der Waals surface area (Å²) in [6, 6.07) is 10.8. The topological polar surface area (TPSA) is 156 Å². The first-order valence-corrected chi connectivity index (χ1v) is 19.4. The highest BCUT2D eigenvalue weighted by molar-refractivity contribution is 6.05. The summed E-state index contributed by atoms with van der Waals surface area (Å²) >= 11 is 0. The second-order valence-corrected chi connectivity index (χ2v) is 15.7. The Labute approximate surface area is 332 Å². The van der Waals surface area contributed by atoms with Gasteiger partial charge in [0.05, 0.1) is 29.8 Å². The number of nitrogens with one attached hydrogen (secondary N) is 2. The number of aromatic hydroxyl groups is 1. The fourth-order valence-electron chi connectivity index (χ4n) is 8.93. The van der Waals surface area contributed by atoms with Gasteiger partial charge in [-0.05, 0) is 67.3 Å². The van der Waals surface area contributed by atoms with E-state index in [2.05, 4.69) is 30.6 Å². The third-order valence-corrected chi connectivity index (χ3v) is 12.4. The number of hydrogen-bond acceptors (Lipinski definition) is 12. The van der Waals surface area contributed by atoms with Crippen LogP contribution >= 0.6 is 0 Å². The number of carbonyl (C=O) groups is 3. The van der Waals surface area contributed by atoms with Crippen LogP contribution < -0.4 is 25.2 Å². The van der Waals surface area contributed by atoms with E-state index < -0.39 is 41.6 Å². The van der Waals surface area contributed by atoms with Crippen molar-refractivity contribution in [3.05, 3.63) is 82.4 Å². The molecule has 0 bridgehead atoms. The lowest BCUT2D eigenvalue weighted by Crippen LogP contribution is -2.57. The molecule has 3 saturated heterocycles. The van der Waals surface area contributed by atoms with Gasteiger partial charge in [-0.15, -0.1) is 10.2 Å². The molecule has 9 rings (SSSR count). The Morgan fingerprint density at radius 1 is 1.02 bits per heavy atom. The van der Waals surface area contributed by atoms with Gasteiger partial charge < -0.3 is 29.9 Å². The Balaban J connectivity index is 0.844. The Morgan fingerprint density at radius 2 is 1.83 bits per heavy atom. The Hall–Kier alpha value is -5.97. The van der Waals surface area contributed by atoms with Crippen LogP contribution in [0, 0.1) is 19.7 Å². The zero-order valence-electron chi connectivity index (χ0n) is 32.0. The highest BCUT2D eigenvalue weighted by atomic mass is 19.3. The standard InChI is InChI=1S/C41H42F3N9O5/c1-22-23(2)34(58-26-16-41(40(43)44)21-46-37-33(53(41)19-26)15-30(48-49-37)27-4-3-5-29(42)36(27)55)17-45-31(22)20-50-10-12-51(13-11-50)25-7-6-24-18-52(39(57)28(24)14-25)32-8-9-35(54)47-38(32)56/h3-7,14-15,17,26,32,40,55H,8-13,16,18-21H2,1-2H3,(H,46,49)(H,47,54,56)/t26-,32?,41+/m1/s1. The van der Waals surface area contributed by atoms with Gasteiger partial charge in [-0.3, -0.25) is 29.6 Å². The molecule has 3 fully saturated rings. The zero-order valence-corrected chi connectivity index (χ0v) is 32.0. The minimum Gasteiger partial charge on any atom is -0.504 e. The van der Waals surface area contributed by atoms with Crippen LogP contribution in [-0.4, -0.2) is 111 Å². The molecule has 0 radical (unpaired) electrons. The normalized spacial score (nSPS) is 23.1. The first-order valence-electron chi connectivity index (χ1n) is 19.4. The number of carbonyl (C=O) groups excluding carboxylic acids is 3. The van der Waals surface area contributed by atoms with Crippen LogP contribution in [0.15, 0.2) is 48.7 Å². The number of pyridine rings is 1. The molecule has 3 atom stereocenters. The summed E-state index contributed by atoms with van der Waals surface area (Å²) < 4.78 is 50.6. The van der Waals surface area contributed by atoms with Gasteiger partial charge in [0.2, 0.25) is 11.8 Å². The molecule has 2 aromatic heterocycles. The summed E-state index contributed by atoms with van der Waals surface area (Å²) in [5.74, 6) is -1.51. The molecule has 17 heteroatoms. The summed E-state index contributed by atoms with van der Waals surface area (Å²) in [5, 5.41) is 24.0. The summed E-state index contributed by atoms with van der Waals surface area (Å²) in [7, 11) is 0. The molecule has 14 nitrogen and oxygen atoms in total. The molecule has 5 aliphatic heterocycles. The van der Waals surface area contributed by atoms with Gasteiger partial charge in [-0.1, -0.05) is 12.1 Å². The number of aromatic nitrogens is 3. The maximum absolute atomic E-state index is 15.0. The molecular formula is C41H42F3N9O5. The molecule has 5 aliphatic rings. The van der Waals surface area contributed by atoms with Crippen LogP contribution in [0.5, 0.6) is 11.5 Å². The van der Waals surface area contributed by atoms with Crippen molar-refractivity contribution in [3.63, 3.8) is 0 Å². The SMILES string of the molecule is Cc1c(O[C@H]2CN3c4cc(-c5cccc(F)c5O)nnc4NC[C@]3(C(F)F)C2)cnc(CN2CCN(c3ccc4c(c3)C(=O)N(C3CCC(=O)NC3=O)C4)CC2)c1C. The molecule has 4 aromatic rings. The summed E-state index contributed by atoms with van der Waals surface area (Å²) in [6.45, 7) is 7.95. The maximum Gasteiger partial charge on any atom is 0.263 e. The Bertz CT molecular complexity index is 2340. The van der Waals surface area contributed by atoms with E-state index in [9.17, 15) is 23.9 Å². The largest absolute Gasteiger partial charge is 0.504 e. The number of rotatable bonds is 8. The van der Waals surface area contributed by atoms with Crippen LogP contribution in [0.3, 0.4) is 0 Å². The van der Waals surface area contributed by atoms with Crippen LogP contribution in [0.4, 0.5) is 30.4 Å². The van der Waals surface area contributed by atoms with Crippen LogP contribution in [0.2, 0.25) is 0 Å². The lowest BCUT2D eigenvalue weighted by molar-refractivity contribution is -0.136. The van der Waals surface area contributed by atoms with Crippen molar-refractivity contribution in [3.8, 4) is 22.8 Å². The van der Waals surface area contributed by atoms with Gasteiger partial charge in [0.1, 0.15) is 23.4 Å². The van der Waals surface area contributed by atoms with Crippen molar-refractivity contribution < 1.29 is 37.4 Å².